The highest BCUT2D eigenvalue weighted by molar-refractivity contribution is 6.06. The van der Waals surface area contributed by atoms with Gasteiger partial charge in [-0.25, -0.2) is 0 Å². The Balaban J connectivity index is 0.00000363. The number of alkyl halides is 3. The summed E-state index contributed by atoms with van der Waals surface area (Å²) in [5, 5.41) is 11.6. The smallest absolute Gasteiger partial charge is 0.373 e. The first-order valence-corrected chi connectivity index (χ1v) is 9.85. The van der Waals surface area contributed by atoms with Gasteiger partial charge in [0.2, 0.25) is 0 Å². The molecule has 1 fully saturated rings. The lowest BCUT2D eigenvalue weighted by Crippen LogP contribution is -2.44. The van der Waals surface area contributed by atoms with Gasteiger partial charge < -0.3 is 15.1 Å². The number of carbonyl (C=O) groups excluding carboxylic acids is 1. The Morgan fingerprint density at radius 2 is 1.72 bits per heavy atom. The van der Waals surface area contributed by atoms with E-state index in [0.29, 0.717) is 26.2 Å². The van der Waals surface area contributed by atoms with E-state index in [9.17, 15) is 23.2 Å². The highest BCUT2D eigenvalue weighted by atomic mass is 35.5. The number of carbonyl (C=O) groups is 1. The predicted molar refractivity (Wildman–Crippen MR) is 121 cm³/mol. The maximum absolute atomic E-state index is 13.1. The van der Waals surface area contributed by atoms with E-state index in [0.717, 1.165) is 11.8 Å². The molecule has 2 aromatic carbocycles. The number of nitriles is 1. The Bertz CT molecular complexity index is 1040. The summed E-state index contributed by atoms with van der Waals surface area (Å²) in [5.41, 5.74) is 2.01. The molecule has 170 valence electrons. The third-order valence-electron chi connectivity index (χ3n) is 5.39. The molecular formula is C23H24ClF3N4O. The highest BCUT2D eigenvalue weighted by Crippen LogP contribution is 2.34. The first kappa shape index (κ1) is 25.1. The number of nitrogens with one attached hydrogen (secondary N) is 1. The third-order valence-corrected chi connectivity index (χ3v) is 5.39. The largest absolute Gasteiger partial charge is 0.418 e. The monoisotopic (exact) mass is 464 g/mol. The Morgan fingerprint density at radius 1 is 1.06 bits per heavy atom. The van der Waals surface area contributed by atoms with Gasteiger partial charge >= 0.3 is 6.18 Å². The fourth-order valence-corrected chi connectivity index (χ4v) is 3.52. The minimum absolute atomic E-state index is 0. The zero-order valence-corrected chi connectivity index (χ0v) is 18.6. The second kappa shape index (κ2) is 10.4. The van der Waals surface area contributed by atoms with E-state index in [1.54, 1.807) is 6.07 Å². The van der Waals surface area contributed by atoms with Crippen LogP contribution < -0.4 is 10.2 Å². The molecular weight excluding hydrogens is 441 g/mol. The zero-order valence-electron chi connectivity index (χ0n) is 17.7. The van der Waals surface area contributed by atoms with Crippen molar-refractivity contribution in [2.45, 2.75) is 20.0 Å². The van der Waals surface area contributed by atoms with Crippen molar-refractivity contribution in [1.82, 2.24) is 4.90 Å². The van der Waals surface area contributed by atoms with Crippen LogP contribution in [0, 0.1) is 25.2 Å². The van der Waals surface area contributed by atoms with Crippen LogP contribution in [0.1, 0.15) is 16.7 Å². The van der Waals surface area contributed by atoms with Crippen molar-refractivity contribution in [3.8, 4) is 6.07 Å². The Hall–Kier alpha value is -3.18. The number of para-hydroxylation sites is 1. The molecule has 0 atom stereocenters. The van der Waals surface area contributed by atoms with E-state index in [-0.39, 0.29) is 23.7 Å². The van der Waals surface area contributed by atoms with Crippen LogP contribution in [0.5, 0.6) is 0 Å². The Morgan fingerprint density at radius 3 is 2.34 bits per heavy atom. The summed E-state index contributed by atoms with van der Waals surface area (Å²) >= 11 is 0. The van der Waals surface area contributed by atoms with Crippen molar-refractivity contribution in [3.63, 3.8) is 0 Å². The van der Waals surface area contributed by atoms with Crippen LogP contribution >= 0.6 is 12.4 Å². The molecule has 32 heavy (non-hydrogen) atoms. The molecule has 9 heteroatoms. The number of piperazine rings is 1. The summed E-state index contributed by atoms with van der Waals surface area (Å²) in [7, 11) is 0. The van der Waals surface area contributed by atoms with E-state index < -0.39 is 17.6 Å². The fourth-order valence-electron chi connectivity index (χ4n) is 3.52. The van der Waals surface area contributed by atoms with E-state index in [2.05, 4.69) is 36.2 Å². The minimum Gasteiger partial charge on any atom is -0.373 e. The summed E-state index contributed by atoms with van der Waals surface area (Å²) in [5.74, 6) is -0.865. The lowest BCUT2D eigenvalue weighted by molar-refractivity contribution is -0.137. The minimum atomic E-state index is -4.61. The van der Waals surface area contributed by atoms with Crippen molar-refractivity contribution in [2.75, 3.05) is 36.4 Å². The Kier molecular flexibility index (Phi) is 8.17. The predicted octanol–water partition coefficient (Wildman–Crippen LogP) is 4.91. The molecule has 0 radical (unpaired) electrons. The molecule has 0 unspecified atom stereocenters. The van der Waals surface area contributed by atoms with Crippen LogP contribution in [0.4, 0.5) is 24.5 Å². The fraction of sp³-hybridized carbons (Fsp3) is 0.304. The van der Waals surface area contributed by atoms with Gasteiger partial charge in [0.15, 0.2) is 0 Å². The molecule has 5 nitrogen and oxygen atoms in total. The van der Waals surface area contributed by atoms with Crippen LogP contribution in [-0.4, -0.2) is 37.0 Å². The molecule has 0 aliphatic carbocycles. The summed E-state index contributed by atoms with van der Waals surface area (Å²) < 4.78 is 39.4. The molecule has 3 rings (SSSR count). The molecule has 0 bridgehead atoms. The van der Waals surface area contributed by atoms with Gasteiger partial charge in [0.05, 0.1) is 11.3 Å². The number of halogens is 4. The van der Waals surface area contributed by atoms with Gasteiger partial charge in [0.1, 0.15) is 11.6 Å². The van der Waals surface area contributed by atoms with Crippen molar-refractivity contribution in [2.24, 2.45) is 0 Å². The number of anilines is 2. The van der Waals surface area contributed by atoms with Gasteiger partial charge in [-0.15, -0.1) is 12.4 Å². The molecule has 1 amide bonds. The zero-order chi connectivity index (χ0) is 22.6. The number of hydrogen-bond acceptors (Lipinski definition) is 4. The second-order valence-corrected chi connectivity index (χ2v) is 7.39. The average Bonchev–Trinajstić information content (AvgIpc) is 2.74. The molecule has 0 spiro atoms. The number of benzene rings is 2. The molecule has 2 aromatic rings. The van der Waals surface area contributed by atoms with Gasteiger partial charge in [-0.3, -0.25) is 4.79 Å². The van der Waals surface area contributed by atoms with Crippen LogP contribution in [0.15, 0.2) is 54.2 Å². The second-order valence-electron chi connectivity index (χ2n) is 7.39. The van der Waals surface area contributed by atoms with E-state index >= 15 is 0 Å². The summed E-state index contributed by atoms with van der Waals surface area (Å²) in [6.45, 7) is 6.73. The van der Waals surface area contributed by atoms with Gasteiger partial charge in [0, 0.05) is 38.1 Å². The molecule has 1 N–H and O–H groups in total. The van der Waals surface area contributed by atoms with Crippen LogP contribution in [0.2, 0.25) is 0 Å². The number of nitrogens with zero attached hydrogens (tertiary/aromatic N) is 3. The number of amides is 1. The van der Waals surface area contributed by atoms with Gasteiger partial charge in [0.25, 0.3) is 5.91 Å². The number of hydrogen-bond donors (Lipinski definition) is 1. The molecule has 0 saturated carbocycles. The lowest BCUT2D eigenvalue weighted by atomic mass is 10.1. The summed E-state index contributed by atoms with van der Waals surface area (Å²) in [6, 6.07) is 12.6. The first-order chi connectivity index (χ1) is 14.7. The molecule has 1 aliphatic heterocycles. The third kappa shape index (κ3) is 5.74. The topological polar surface area (TPSA) is 59.4 Å². The van der Waals surface area contributed by atoms with Crippen molar-refractivity contribution >= 4 is 29.7 Å². The SMILES string of the molecule is Cc1cccc(N2CCN(/C=C(/C#N)C(=O)Nc3ccccc3C(F)(F)F)CC2)c1C.Cl. The molecule has 1 heterocycles. The van der Waals surface area contributed by atoms with Crippen molar-refractivity contribution in [3.05, 3.63) is 70.9 Å². The standard InChI is InChI=1S/C23H23F3N4O.ClH/c1-16-6-5-9-21(17(16)2)30-12-10-29(11-13-30)15-18(14-27)22(31)28-20-8-4-3-7-19(20)23(24,25)26;/h3-9,15H,10-13H2,1-2H3,(H,28,31);1H/b18-15-;. The summed E-state index contributed by atoms with van der Waals surface area (Å²) in [6.07, 6.45) is -3.18. The van der Waals surface area contributed by atoms with Crippen LogP contribution in [0.25, 0.3) is 0 Å². The molecule has 0 aromatic heterocycles. The van der Waals surface area contributed by atoms with E-state index in [1.165, 1.54) is 35.5 Å². The van der Waals surface area contributed by atoms with Gasteiger partial charge in [-0.1, -0.05) is 24.3 Å². The van der Waals surface area contributed by atoms with Crippen LogP contribution in [-0.2, 0) is 11.0 Å². The van der Waals surface area contributed by atoms with Gasteiger partial charge in [-0.05, 0) is 43.2 Å². The molecule has 1 aliphatic rings. The van der Waals surface area contributed by atoms with E-state index in [1.807, 2.05) is 11.0 Å². The first-order valence-electron chi connectivity index (χ1n) is 9.85. The van der Waals surface area contributed by atoms with Crippen molar-refractivity contribution < 1.29 is 18.0 Å². The van der Waals surface area contributed by atoms with Gasteiger partial charge in [-0.2, -0.15) is 18.4 Å². The average molecular weight is 465 g/mol. The number of rotatable bonds is 4. The normalized spacial score (nSPS) is 14.4. The maximum Gasteiger partial charge on any atom is 0.418 e. The Labute approximate surface area is 191 Å². The maximum atomic E-state index is 13.1. The van der Waals surface area contributed by atoms with E-state index in [4.69, 9.17) is 0 Å². The van der Waals surface area contributed by atoms with Crippen molar-refractivity contribution in [1.29, 1.82) is 5.26 Å². The lowest BCUT2D eigenvalue weighted by Gasteiger charge is -2.36. The number of aryl methyl sites for hydroxylation is 1. The van der Waals surface area contributed by atoms with Crippen LogP contribution in [0.3, 0.4) is 0 Å². The quantitative estimate of drug-likeness (QED) is 0.516. The summed E-state index contributed by atoms with van der Waals surface area (Å²) in [4.78, 5) is 16.5. The highest BCUT2D eigenvalue weighted by Gasteiger charge is 2.33. The molecule has 1 saturated heterocycles.